The third kappa shape index (κ3) is 4.11. The zero-order chi connectivity index (χ0) is 25.9. The molecule has 6 rings (SSSR count). The normalized spacial score (nSPS) is 20.1. The van der Waals surface area contributed by atoms with Crippen molar-refractivity contribution in [2.24, 2.45) is 13.0 Å². The number of methoxy groups -OCH3 is 1. The Balaban J connectivity index is 1.44. The number of piperidine rings is 1. The molecule has 0 radical (unpaired) electrons. The Labute approximate surface area is 211 Å². The molecule has 3 aromatic heterocycles. The van der Waals surface area contributed by atoms with Crippen LogP contribution in [0.4, 0.5) is 13.2 Å². The van der Waals surface area contributed by atoms with Crippen LogP contribution >= 0.6 is 0 Å². The summed E-state index contributed by atoms with van der Waals surface area (Å²) < 4.78 is 49.0. The van der Waals surface area contributed by atoms with Crippen molar-refractivity contribution in [1.82, 2.24) is 29.3 Å². The second kappa shape index (κ2) is 8.76. The lowest BCUT2D eigenvalue weighted by atomic mass is 9.92. The number of hydrogen-bond acceptors (Lipinski definition) is 5. The van der Waals surface area contributed by atoms with Crippen LogP contribution in [0.5, 0.6) is 5.75 Å². The predicted molar refractivity (Wildman–Crippen MR) is 132 cm³/mol. The highest BCUT2D eigenvalue weighted by Crippen LogP contribution is 2.36. The number of fused-ring (bicyclic) bond motifs is 3. The number of nitrogens with zero attached hydrogens (tertiary/aromatic N) is 5. The first-order valence-corrected chi connectivity index (χ1v) is 12.3. The van der Waals surface area contributed by atoms with Crippen molar-refractivity contribution in [3.05, 3.63) is 42.1 Å². The zero-order valence-corrected chi connectivity index (χ0v) is 20.5. The predicted octanol–water partition coefficient (Wildman–Crippen LogP) is 3.98. The van der Waals surface area contributed by atoms with Gasteiger partial charge >= 0.3 is 6.18 Å². The number of likely N-dealkylation sites (tertiary alicyclic amines) is 1. The highest BCUT2D eigenvalue weighted by molar-refractivity contribution is 6.00. The van der Waals surface area contributed by atoms with Crippen molar-refractivity contribution in [1.29, 1.82) is 0 Å². The van der Waals surface area contributed by atoms with E-state index in [1.807, 2.05) is 4.90 Å². The lowest BCUT2D eigenvalue weighted by Gasteiger charge is -2.35. The fourth-order valence-corrected chi connectivity index (χ4v) is 5.83. The summed E-state index contributed by atoms with van der Waals surface area (Å²) in [7, 11) is 3.24. The number of carbonyl (C=O) groups is 1. The summed E-state index contributed by atoms with van der Waals surface area (Å²) in [6.07, 6.45) is -0.863. The molecule has 2 saturated heterocycles. The third-order valence-corrected chi connectivity index (χ3v) is 7.59. The van der Waals surface area contributed by atoms with E-state index in [0.29, 0.717) is 58.6 Å². The molecule has 8 nitrogen and oxygen atoms in total. The van der Waals surface area contributed by atoms with E-state index in [0.717, 1.165) is 24.0 Å². The third-order valence-electron chi connectivity index (χ3n) is 7.59. The molecule has 1 amide bonds. The van der Waals surface area contributed by atoms with Crippen LogP contribution in [0.25, 0.3) is 33.6 Å². The fraction of sp³-hybridized carbons (Fsp3) is 0.423. The second-order valence-electron chi connectivity index (χ2n) is 9.84. The van der Waals surface area contributed by atoms with Crippen LogP contribution in [0.15, 0.2) is 36.5 Å². The summed E-state index contributed by atoms with van der Waals surface area (Å²) in [5.41, 5.74) is 2.04. The molecule has 0 aliphatic carbocycles. The molecule has 2 atom stereocenters. The van der Waals surface area contributed by atoms with Gasteiger partial charge in [0.1, 0.15) is 23.5 Å². The Morgan fingerprint density at radius 2 is 2.08 bits per heavy atom. The van der Waals surface area contributed by atoms with Crippen LogP contribution in [-0.2, 0) is 13.6 Å². The molecular formula is C26H27F3N6O2. The van der Waals surface area contributed by atoms with Gasteiger partial charge < -0.3 is 24.1 Å². The van der Waals surface area contributed by atoms with E-state index >= 15 is 0 Å². The van der Waals surface area contributed by atoms with Gasteiger partial charge in [0.15, 0.2) is 5.82 Å². The number of rotatable bonds is 4. The van der Waals surface area contributed by atoms with E-state index in [2.05, 4.69) is 10.3 Å². The maximum Gasteiger partial charge on any atom is 0.406 e. The first-order valence-electron chi connectivity index (χ1n) is 12.3. The van der Waals surface area contributed by atoms with E-state index < -0.39 is 12.7 Å². The number of aryl methyl sites for hydroxylation is 1. The fourth-order valence-electron chi connectivity index (χ4n) is 5.83. The summed E-state index contributed by atoms with van der Waals surface area (Å²) >= 11 is 0. The lowest BCUT2D eigenvalue weighted by Crippen LogP contribution is -2.48. The Morgan fingerprint density at radius 3 is 2.86 bits per heavy atom. The maximum atomic E-state index is 13.5. The van der Waals surface area contributed by atoms with Gasteiger partial charge in [0.2, 0.25) is 0 Å². The molecule has 37 heavy (non-hydrogen) atoms. The number of pyridine rings is 1. The van der Waals surface area contributed by atoms with Crippen molar-refractivity contribution in [2.45, 2.75) is 31.6 Å². The van der Waals surface area contributed by atoms with E-state index in [4.69, 9.17) is 9.72 Å². The molecule has 194 valence electrons. The van der Waals surface area contributed by atoms with Gasteiger partial charge in [-0.25, -0.2) is 9.97 Å². The van der Waals surface area contributed by atoms with Gasteiger partial charge in [0, 0.05) is 43.3 Å². The molecule has 2 aliphatic rings. The standard InChI is InChI=1S/C26H27F3N6O2/c1-33-22-18(32-24(33)20-11-16-4-3-7-31-23(16)35(20)14-26(27,28)29)10-17(12-21(22)37-2)25(36)34-9-6-15-5-8-30-19(15)13-34/h3-4,7,10-12,15,19,30H,5-6,8-9,13-14H2,1-2H3/t15-,19+/m1/s1. The maximum absolute atomic E-state index is 13.5. The van der Waals surface area contributed by atoms with Crippen LogP contribution < -0.4 is 10.1 Å². The van der Waals surface area contributed by atoms with Crippen LogP contribution in [0, 0.1) is 5.92 Å². The number of hydrogen-bond donors (Lipinski definition) is 1. The first kappa shape index (κ1) is 23.8. The number of aromatic nitrogens is 4. The quantitative estimate of drug-likeness (QED) is 0.448. The molecule has 11 heteroatoms. The highest BCUT2D eigenvalue weighted by atomic mass is 19.4. The van der Waals surface area contributed by atoms with Crippen LogP contribution in [0.2, 0.25) is 0 Å². The van der Waals surface area contributed by atoms with Gasteiger partial charge in [0.05, 0.1) is 18.3 Å². The van der Waals surface area contributed by atoms with Gasteiger partial charge in [0.25, 0.3) is 5.91 Å². The molecule has 1 aromatic carbocycles. The van der Waals surface area contributed by atoms with Gasteiger partial charge in [-0.15, -0.1) is 0 Å². The Hall–Kier alpha value is -3.60. The molecule has 0 unspecified atom stereocenters. The number of carbonyl (C=O) groups excluding carboxylic acids is 1. The molecule has 4 aromatic rings. The summed E-state index contributed by atoms with van der Waals surface area (Å²) in [6.45, 7) is 1.13. The van der Waals surface area contributed by atoms with Gasteiger partial charge in [-0.2, -0.15) is 13.2 Å². The average molecular weight is 513 g/mol. The summed E-state index contributed by atoms with van der Waals surface area (Å²) in [5, 5.41) is 4.07. The van der Waals surface area contributed by atoms with Crippen molar-refractivity contribution >= 4 is 28.0 Å². The average Bonchev–Trinajstić information content (AvgIpc) is 3.57. The monoisotopic (exact) mass is 512 g/mol. The van der Waals surface area contributed by atoms with Crippen molar-refractivity contribution < 1.29 is 22.7 Å². The molecular weight excluding hydrogens is 485 g/mol. The number of imidazole rings is 1. The number of amides is 1. The minimum absolute atomic E-state index is 0.102. The zero-order valence-electron chi connectivity index (χ0n) is 20.5. The molecule has 0 spiro atoms. The van der Waals surface area contributed by atoms with E-state index in [9.17, 15) is 18.0 Å². The minimum Gasteiger partial charge on any atom is -0.494 e. The van der Waals surface area contributed by atoms with Crippen molar-refractivity contribution in [3.63, 3.8) is 0 Å². The first-order chi connectivity index (χ1) is 17.7. The van der Waals surface area contributed by atoms with Crippen molar-refractivity contribution in [2.75, 3.05) is 26.7 Å². The van der Waals surface area contributed by atoms with Gasteiger partial charge in [-0.1, -0.05) is 0 Å². The second-order valence-corrected chi connectivity index (χ2v) is 9.84. The molecule has 5 heterocycles. The number of benzene rings is 1. The van der Waals surface area contributed by atoms with Crippen LogP contribution in [0.3, 0.4) is 0 Å². The summed E-state index contributed by atoms with van der Waals surface area (Å²) in [6, 6.07) is 8.77. The Bertz CT molecular complexity index is 1510. The lowest BCUT2D eigenvalue weighted by molar-refractivity contribution is -0.139. The Kier molecular flexibility index (Phi) is 5.63. The van der Waals surface area contributed by atoms with Crippen molar-refractivity contribution in [3.8, 4) is 17.3 Å². The summed E-state index contributed by atoms with van der Waals surface area (Å²) in [5.74, 6) is 1.27. The highest BCUT2D eigenvalue weighted by Gasteiger charge is 2.35. The van der Waals surface area contributed by atoms with E-state index in [-0.39, 0.29) is 17.2 Å². The molecule has 0 saturated carbocycles. The molecule has 0 bridgehead atoms. The SMILES string of the molecule is COc1cc(C(=O)N2CC[C@H]3CCN[C@H]3C2)cc2nc(-c3cc4cccnc4n3CC(F)(F)F)n(C)c12. The number of alkyl halides is 3. The smallest absolute Gasteiger partial charge is 0.406 e. The number of nitrogens with one attached hydrogen (secondary N) is 1. The van der Waals surface area contributed by atoms with E-state index in [1.165, 1.54) is 13.3 Å². The molecule has 2 aliphatic heterocycles. The van der Waals surface area contributed by atoms with E-state index in [1.54, 1.807) is 41.9 Å². The Morgan fingerprint density at radius 1 is 1.24 bits per heavy atom. The molecule has 1 N–H and O–H groups in total. The van der Waals surface area contributed by atoms with Gasteiger partial charge in [-0.3, -0.25) is 4.79 Å². The number of ether oxygens (including phenoxy) is 1. The van der Waals surface area contributed by atoms with Gasteiger partial charge in [-0.05, 0) is 55.6 Å². The topological polar surface area (TPSA) is 77.2 Å². The largest absolute Gasteiger partial charge is 0.494 e. The minimum atomic E-state index is -4.44. The molecule has 2 fully saturated rings. The van der Waals surface area contributed by atoms with Crippen LogP contribution in [0.1, 0.15) is 23.2 Å². The number of halogens is 3. The summed E-state index contributed by atoms with van der Waals surface area (Å²) in [4.78, 5) is 24.2. The van der Waals surface area contributed by atoms with Crippen LogP contribution in [-0.4, -0.2) is 68.9 Å².